The van der Waals surface area contributed by atoms with E-state index in [1.165, 1.54) is 28.5 Å². The average molecular weight is 702 g/mol. The van der Waals surface area contributed by atoms with E-state index in [-0.39, 0.29) is 38.3 Å². The molecule has 0 spiro atoms. The van der Waals surface area contributed by atoms with Gasteiger partial charge in [-0.2, -0.15) is 11.8 Å². The van der Waals surface area contributed by atoms with Crippen molar-refractivity contribution < 1.29 is 48.9 Å². The second-order valence-corrected chi connectivity index (χ2v) is 13.5. The number of carbonyl (C=O) groups is 7. The summed E-state index contributed by atoms with van der Waals surface area (Å²) in [5, 5.41) is 38.6. The molecule has 9 N–H and O–H groups in total. The molecule has 0 aromatic heterocycles. The molecular weight excluding hydrogens is 650 g/mol. The Kier molecular flexibility index (Phi) is 16.5. The highest BCUT2D eigenvalue weighted by Gasteiger charge is 2.43. The Hall–Kier alpha value is -3.48. The minimum absolute atomic E-state index is 0.0109. The van der Waals surface area contributed by atoms with Crippen LogP contribution in [0.2, 0.25) is 0 Å². The topological polar surface area (TPSA) is 261 Å². The molecule has 18 heteroatoms. The molecular formula is C30H51N7O10S. The Balaban J connectivity index is 2.03. The number of carboxylic acid groups (broad SMARTS) is 1. The van der Waals surface area contributed by atoms with Crippen molar-refractivity contribution in [2.75, 3.05) is 38.3 Å². The van der Waals surface area contributed by atoms with Crippen LogP contribution in [-0.2, 0) is 33.6 Å². The van der Waals surface area contributed by atoms with Gasteiger partial charge in [0.2, 0.25) is 35.4 Å². The summed E-state index contributed by atoms with van der Waals surface area (Å²) in [5.41, 5.74) is 5.68. The van der Waals surface area contributed by atoms with Gasteiger partial charge in [-0.3, -0.25) is 28.8 Å². The van der Waals surface area contributed by atoms with Gasteiger partial charge in [0, 0.05) is 13.1 Å². The molecule has 0 bridgehead atoms. The monoisotopic (exact) mass is 701 g/mol. The Morgan fingerprint density at radius 1 is 0.792 bits per heavy atom. The molecule has 2 aliphatic heterocycles. The van der Waals surface area contributed by atoms with Crippen LogP contribution in [0, 0.1) is 5.92 Å². The van der Waals surface area contributed by atoms with Gasteiger partial charge in [0.25, 0.3) is 0 Å². The maximum Gasteiger partial charge on any atom is 0.326 e. The van der Waals surface area contributed by atoms with Crippen LogP contribution < -0.4 is 27.0 Å². The predicted octanol–water partition coefficient (Wildman–Crippen LogP) is -2.88. The molecule has 2 aliphatic rings. The van der Waals surface area contributed by atoms with Crippen molar-refractivity contribution in [3.05, 3.63) is 0 Å². The lowest BCUT2D eigenvalue weighted by molar-refractivity contribution is -0.147. The van der Waals surface area contributed by atoms with E-state index in [9.17, 15) is 48.9 Å². The number of nitrogens with one attached hydrogen (secondary N) is 4. The van der Waals surface area contributed by atoms with Crippen LogP contribution in [0.25, 0.3) is 0 Å². The first-order chi connectivity index (χ1) is 22.7. The zero-order valence-corrected chi connectivity index (χ0v) is 28.8. The van der Waals surface area contributed by atoms with Gasteiger partial charge in [0.15, 0.2) is 0 Å². The van der Waals surface area contributed by atoms with Crippen LogP contribution >= 0.6 is 11.8 Å². The molecule has 2 fully saturated rings. The van der Waals surface area contributed by atoms with Gasteiger partial charge in [-0.05, 0) is 63.4 Å². The first kappa shape index (κ1) is 40.7. The summed E-state index contributed by atoms with van der Waals surface area (Å²) < 4.78 is 0. The standard InChI is InChI=1S/C30H51N7O10S/c1-16(2)13-20(30(46)47)34-25(41)19(9-12-48-4)33-24(40)17(3)32-26(42)21(15-39)35-27(43)22-7-5-10-36(22)29(45)23-8-6-11-37(23)28(44)18(31)14-38/h16-23,38-39H,5-15,31H2,1-4H3,(H,32,42)(H,33,40)(H,34,41)(H,35,43)(H,46,47). The SMILES string of the molecule is CSCCC(NC(=O)C(C)NC(=O)C(CO)NC(=O)C1CCCN1C(=O)C1CCCN1C(=O)C(N)CO)C(=O)NC(CC(C)C)C(=O)O. The lowest BCUT2D eigenvalue weighted by Gasteiger charge is -2.32. The van der Waals surface area contributed by atoms with E-state index in [1.807, 2.05) is 20.1 Å². The Labute approximate surface area is 284 Å². The van der Waals surface area contributed by atoms with Crippen molar-refractivity contribution in [3.63, 3.8) is 0 Å². The molecule has 2 saturated heterocycles. The fraction of sp³-hybridized carbons (Fsp3) is 0.767. The van der Waals surface area contributed by atoms with E-state index in [0.717, 1.165) is 0 Å². The number of rotatable bonds is 18. The molecule has 0 aromatic carbocycles. The number of likely N-dealkylation sites (tertiary alicyclic amines) is 2. The van der Waals surface area contributed by atoms with Crippen molar-refractivity contribution >= 4 is 53.2 Å². The second-order valence-electron chi connectivity index (χ2n) is 12.5. The summed E-state index contributed by atoms with van der Waals surface area (Å²) in [6.07, 6.45) is 3.88. The molecule has 0 aromatic rings. The van der Waals surface area contributed by atoms with Crippen molar-refractivity contribution in [3.8, 4) is 0 Å². The summed E-state index contributed by atoms with van der Waals surface area (Å²) in [7, 11) is 0. The quantitative estimate of drug-likeness (QED) is 0.0717. The second kappa shape index (κ2) is 19.5. The molecule has 48 heavy (non-hydrogen) atoms. The van der Waals surface area contributed by atoms with Crippen LogP contribution in [-0.4, -0.2) is 147 Å². The largest absolute Gasteiger partial charge is 0.480 e. The van der Waals surface area contributed by atoms with Crippen molar-refractivity contribution in [2.24, 2.45) is 11.7 Å². The first-order valence-electron chi connectivity index (χ1n) is 16.2. The zero-order valence-electron chi connectivity index (χ0n) is 28.0. The van der Waals surface area contributed by atoms with Crippen molar-refractivity contribution in [1.29, 1.82) is 0 Å². The summed E-state index contributed by atoms with van der Waals surface area (Å²) in [4.78, 5) is 92.6. The first-order valence-corrected chi connectivity index (χ1v) is 17.6. The van der Waals surface area contributed by atoms with Crippen LogP contribution in [0.5, 0.6) is 0 Å². The van der Waals surface area contributed by atoms with Gasteiger partial charge in [0.05, 0.1) is 13.2 Å². The maximum atomic E-state index is 13.5. The number of hydrogen-bond acceptors (Lipinski definition) is 11. The highest BCUT2D eigenvalue weighted by Crippen LogP contribution is 2.25. The predicted molar refractivity (Wildman–Crippen MR) is 175 cm³/mol. The van der Waals surface area contributed by atoms with Crippen LogP contribution in [0.4, 0.5) is 0 Å². The summed E-state index contributed by atoms with van der Waals surface area (Å²) >= 11 is 1.42. The molecule has 272 valence electrons. The zero-order chi connectivity index (χ0) is 36.1. The third-order valence-corrected chi connectivity index (χ3v) is 8.95. The number of nitrogens with zero attached hydrogens (tertiary/aromatic N) is 2. The van der Waals surface area contributed by atoms with Gasteiger partial charge in [0.1, 0.15) is 42.3 Å². The number of aliphatic carboxylic acids is 1. The normalized spacial score (nSPS) is 20.8. The summed E-state index contributed by atoms with van der Waals surface area (Å²) in [6.45, 7) is 4.12. The highest BCUT2D eigenvalue weighted by atomic mass is 32.2. The van der Waals surface area contributed by atoms with E-state index in [0.29, 0.717) is 25.0 Å². The number of thioether (sulfide) groups is 1. The third-order valence-electron chi connectivity index (χ3n) is 8.31. The molecule has 7 atom stereocenters. The van der Waals surface area contributed by atoms with Crippen LogP contribution in [0.1, 0.15) is 59.3 Å². The molecule has 0 saturated carbocycles. The number of carboxylic acids is 1. The third kappa shape index (κ3) is 11.3. The van der Waals surface area contributed by atoms with Crippen molar-refractivity contribution in [2.45, 2.75) is 102 Å². The van der Waals surface area contributed by atoms with Gasteiger partial charge < -0.3 is 52.1 Å². The molecule has 7 unspecified atom stereocenters. The van der Waals surface area contributed by atoms with E-state index in [4.69, 9.17) is 5.73 Å². The average Bonchev–Trinajstić information content (AvgIpc) is 3.74. The number of carbonyl (C=O) groups excluding carboxylic acids is 6. The van der Waals surface area contributed by atoms with E-state index >= 15 is 0 Å². The minimum atomic E-state index is -1.47. The molecule has 2 heterocycles. The smallest absolute Gasteiger partial charge is 0.326 e. The Morgan fingerprint density at radius 3 is 1.94 bits per heavy atom. The lowest BCUT2D eigenvalue weighted by atomic mass is 10.0. The van der Waals surface area contributed by atoms with Gasteiger partial charge >= 0.3 is 5.97 Å². The highest BCUT2D eigenvalue weighted by molar-refractivity contribution is 7.98. The Morgan fingerprint density at radius 2 is 1.38 bits per heavy atom. The van der Waals surface area contributed by atoms with Gasteiger partial charge in [-0.15, -0.1) is 0 Å². The minimum Gasteiger partial charge on any atom is -0.480 e. The summed E-state index contributed by atoms with van der Waals surface area (Å²) in [5.74, 6) is -4.74. The fourth-order valence-electron chi connectivity index (χ4n) is 5.68. The maximum absolute atomic E-state index is 13.5. The van der Waals surface area contributed by atoms with Crippen LogP contribution in [0.3, 0.4) is 0 Å². The number of hydrogen-bond donors (Lipinski definition) is 8. The fourth-order valence-corrected chi connectivity index (χ4v) is 6.15. The molecule has 2 rings (SSSR count). The molecule has 17 nitrogen and oxygen atoms in total. The number of amides is 6. The van der Waals surface area contributed by atoms with E-state index in [1.54, 1.807) is 0 Å². The van der Waals surface area contributed by atoms with Crippen molar-refractivity contribution in [1.82, 2.24) is 31.1 Å². The van der Waals surface area contributed by atoms with E-state index in [2.05, 4.69) is 21.3 Å². The summed E-state index contributed by atoms with van der Waals surface area (Å²) in [6, 6.07) is -7.88. The van der Waals surface area contributed by atoms with Gasteiger partial charge in [-0.1, -0.05) is 13.8 Å². The van der Waals surface area contributed by atoms with E-state index < -0.39 is 96.9 Å². The molecule has 0 radical (unpaired) electrons. The lowest BCUT2D eigenvalue weighted by Crippen LogP contribution is -2.59. The number of aliphatic hydroxyl groups excluding tert-OH is 2. The molecule has 6 amide bonds. The number of nitrogens with two attached hydrogens (primary N) is 1. The Bertz CT molecular complexity index is 1170. The van der Waals surface area contributed by atoms with Crippen LogP contribution in [0.15, 0.2) is 0 Å². The van der Waals surface area contributed by atoms with Gasteiger partial charge in [-0.25, -0.2) is 4.79 Å². The number of aliphatic hydroxyl groups is 2. The molecule has 0 aliphatic carbocycles.